The van der Waals surface area contributed by atoms with Gasteiger partial charge in [0.1, 0.15) is 11.6 Å². The van der Waals surface area contributed by atoms with Gasteiger partial charge in [-0.1, -0.05) is 24.3 Å². The summed E-state index contributed by atoms with van der Waals surface area (Å²) in [5, 5.41) is 0. The zero-order chi connectivity index (χ0) is 15.0. The standard InChI is InChI=1S/C17H16BrF2N/c18-13-8-9-14(19)15(16(13)20)17(21)12-7-3-5-10-4-1-2-6-11(10)12/h1-2,4,6,8-9,12,17H,3,5,7,21H2. The second-order valence-electron chi connectivity index (χ2n) is 5.48. The van der Waals surface area contributed by atoms with Gasteiger partial charge < -0.3 is 5.73 Å². The highest BCUT2D eigenvalue weighted by Gasteiger charge is 2.30. The van der Waals surface area contributed by atoms with Gasteiger partial charge in [-0.05, 0) is 58.5 Å². The molecule has 2 aromatic rings. The van der Waals surface area contributed by atoms with Crippen molar-refractivity contribution in [2.75, 3.05) is 0 Å². The Hall–Kier alpha value is -1.26. The number of benzene rings is 2. The summed E-state index contributed by atoms with van der Waals surface area (Å²) in [5.74, 6) is -1.22. The number of aryl methyl sites for hydroxylation is 1. The second kappa shape index (κ2) is 5.85. The topological polar surface area (TPSA) is 26.0 Å². The SMILES string of the molecule is NC(c1c(F)ccc(Br)c1F)C1CCCc2ccccc21. The average Bonchev–Trinajstić information content (AvgIpc) is 2.50. The van der Waals surface area contributed by atoms with Crippen LogP contribution in [0.3, 0.4) is 0 Å². The number of fused-ring (bicyclic) bond motifs is 1. The summed E-state index contributed by atoms with van der Waals surface area (Å²) < 4.78 is 28.6. The maximum absolute atomic E-state index is 14.3. The van der Waals surface area contributed by atoms with E-state index in [0.717, 1.165) is 24.8 Å². The van der Waals surface area contributed by atoms with Gasteiger partial charge in [-0.2, -0.15) is 0 Å². The van der Waals surface area contributed by atoms with Gasteiger partial charge in [-0.15, -0.1) is 0 Å². The molecule has 0 bridgehead atoms. The largest absolute Gasteiger partial charge is 0.323 e. The van der Waals surface area contributed by atoms with Crippen LogP contribution < -0.4 is 5.73 Å². The van der Waals surface area contributed by atoms with Crippen LogP contribution in [0, 0.1) is 11.6 Å². The van der Waals surface area contributed by atoms with Crippen molar-refractivity contribution < 1.29 is 8.78 Å². The van der Waals surface area contributed by atoms with Crippen LogP contribution in [0.15, 0.2) is 40.9 Å². The molecule has 0 saturated heterocycles. The Morgan fingerprint density at radius 3 is 2.71 bits per heavy atom. The molecule has 4 heteroatoms. The van der Waals surface area contributed by atoms with Crippen molar-refractivity contribution in [2.24, 2.45) is 5.73 Å². The van der Waals surface area contributed by atoms with Crippen LogP contribution in [0.1, 0.15) is 41.5 Å². The molecule has 3 rings (SSSR count). The fourth-order valence-electron chi connectivity index (χ4n) is 3.21. The fourth-order valence-corrected chi connectivity index (χ4v) is 3.56. The number of halogens is 3. The highest BCUT2D eigenvalue weighted by atomic mass is 79.9. The zero-order valence-electron chi connectivity index (χ0n) is 11.5. The summed E-state index contributed by atoms with van der Waals surface area (Å²) in [5.41, 5.74) is 8.59. The van der Waals surface area contributed by atoms with E-state index in [1.54, 1.807) is 0 Å². The van der Waals surface area contributed by atoms with Gasteiger partial charge in [0.25, 0.3) is 0 Å². The summed E-state index contributed by atoms with van der Waals surface area (Å²) in [4.78, 5) is 0. The fraction of sp³-hybridized carbons (Fsp3) is 0.294. The van der Waals surface area contributed by atoms with Crippen molar-refractivity contribution in [1.82, 2.24) is 0 Å². The van der Waals surface area contributed by atoms with E-state index in [9.17, 15) is 8.78 Å². The molecular weight excluding hydrogens is 336 g/mol. The quantitative estimate of drug-likeness (QED) is 0.769. The molecule has 0 spiro atoms. The van der Waals surface area contributed by atoms with Gasteiger partial charge in [0.2, 0.25) is 0 Å². The number of rotatable bonds is 2. The Labute approximate surface area is 131 Å². The van der Waals surface area contributed by atoms with Gasteiger partial charge in [-0.3, -0.25) is 0 Å². The highest BCUT2D eigenvalue weighted by Crippen LogP contribution is 2.41. The van der Waals surface area contributed by atoms with E-state index in [0.29, 0.717) is 0 Å². The predicted molar refractivity (Wildman–Crippen MR) is 83.1 cm³/mol. The normalized spacial score (nSPS) is 19.1. The van der Waals surface area contributed by atoms with Crippen molar-refractivity contribution >= 4 is 15.9 Å². The van der Waals surface area contributed by atoms with Crippen LogP contribution in [0.5, 0.6) is 0 Å². The van der Waals surface area contributed by atoms with Crippen molar-refractivity contribution in [2.45, 2.75) is 31.2 Å². The van der Waals surface area contributed by atoms with E-state index in [-0.39, 0.29) is 16.0 Å². The van der Waals surface area contributed by atoms with E-state index in [2.05, 4.69) is 22.0 Å². The van der Waals surface area contributed by atoms with Crippen LogP contribution >= 0.6 is 15.9 Å². The predicted octanol–water partition coefficient (Wildman–Crippen LogP) is 4.85. The molecule has 2 N–H and O–H groups in total. The lowest BCUT2D eigenvalue weighted by Crippen LogP contribution is -2.25. The molecular formula is C17H16BrF2N. The first kappa shape index (κ1) is 14.7. The first-order valence-corrected chi connectivity index (χ1v) is 7.85. The summed E-state index contributed by atoms with van der Waals surface area (Å²) in [7, 11) is 0. The summed E-state index contributed by atoms with van der Waals surface area (Å²) in [6, 6.07) is 10.00. The van der Waals surface area contributed by atoms with E-state index in [1.807, 2.05) is 18.2 Å². The lowest BCUT2D eigenvalue weighted by molar-refractivity contribution is 0.437. The molecule has 0 fully saturated rings. The smallest absolute Gasteiger partial charge is 0.145 e. The van der Waals surface area contributed by atoms with E-state index in [4.69, 9.17) is 5.73 Å². The van der Waals surface area contributed by atoms with Crippen LogP contribution in [-0.2, 0) is 6.42 Å². The molecule has 0 heterocycles. The van der Waals surface area contributed by atoms with E-state index < -0.39 is 17.7 Å². The molecule has 0 aliphatic heterocycles. The van der Waals surface area contributed by atoms with Crippen LogP contribution in [0.25, 0.3) is 0 Å². The Balaban J connectivity index is 2.05. The summed E-state index contributed by atoms with van der Waals surface area (Å²) in [6.45, 7) is 0. The van der Waals surface area contributed by atoms with Crippen molar-refractivity contribution in [1.29, 1.82) is 0 Å². The zero-order valence-corrected chi connectivity index (χ0v) is 13.0. The molecule has 110 valence electrons. The minimum Gasteiger partial charge on any atom is -0.323 e. The van der Waals surface area contributed by atoms with Crippen molar-refractivity contribution in [3.63, 3.8) is 0 Å². The minimum absolute atomic E-state index is 0.0221. The molecule has 0 amide bonds. The lowest BCUT2D eigenvalue weighted by atomic mass is 9.77. The Morgan fingerprint density at radius 1 is 1.14 bits per heavy atom. The first-order chi connectivity index (χ1) is 10.1. The molecule has 0 saturated carbocycles. The molecule has 0 aromatic heterocycles. The molecule has 1 nitrogen and oxygen atoms in total. The maximum Gasteiger partial charge on any atom is 0.145 e. The number of nitrogens with two attached hydrogens (primary N) is 1. The van der Waals surface area contributed by atoms with E-state index >= 15 is 0 Å². The maximum atomic E-state index is 14.3. The second-order valence-corrected chi connectivity index (χ2v) is 6.33. The highest BCUT2D eigenvalue weighted by molar-refractivity contribution is 9.10. The molecule has 21 heavy (non-hydrogen) atoms. The average molecular weight is 352 g/mol. The Morgan fingerprint density at radius 2 is 1.90 bits per heavy atom. The third kappa shape index (κ3) is 2.62. The molecule has 1 aliphatic carbocycles. The van der Waals surface area contributed by atoms with Gasteiger partial charge in [0.05, 0.1) is 4.47 Å². The Bertz CT molecular complexity index is 672. The molecule has 1 aliphatic rings. The lowest BCUT2D eigenvalue weighted by Gasteiger charge is -2.31. The Kier molecular flexibility index (Phi) is 4.09. The van der Waals surface area contributed by atoms with Gasteiger partial charge in [0.15, 0.2) is 0 Å². The number of hydrogen-bond donors (Lipinski definition) is 1. The minimum atomic E-state index is -0.677. The van der Waals surface area contributed by atoms with Crippen molar-refractivity contribution in [3.05, 3.63) is 69.2 Å². The molecule has 2 aromatic carbocycles. The monoisotopic (exact) mass is 351 g/mol. The van der Waals surface area contributed by atoms with Gasteiger partial charge in [0, 0.05) is 17.5 Å². The molecule has 0 radical (unpaired) electrons. The molecule has 2 atom stereocenters. The molecule has 2 unspecified atom stereocenters. The third-order valence-corrected chi connectivity index (χ3v) is 4.87. The van der Waals surface area contributed by atoms with Crippen LogP contribution in [-0.4, -0.2) is 0 Å². The third-order valence-electron chi connectivity index (χ3n) is 4.26. The van der Waals surface area contributed by atoms with Crippen molar-refractivity contribution in [3.8, 4) is 0 Å². The summed E-state index contributed by atoms with van der Waals surface area (Å²) >= 11 is 3.11. The van der Waals surface area contributed by atoms with Crippen LogP contribution in [0.4, 0.5) is 8.78 Å². The summed E-state index contributed by atoms with van der Waals surface area (Å²) in [6.07, 6.45) is 2.85. The van der Waals surface area contributed by atoms with Gasteiger partial charge >= 0.3 is 0 Å². The van der Waals surface area contributed by atoms with E-state index in [1.165, 1.54) is 17.7 Å². The van der Waals surface area contributed by atoms with Gasteiger partial charge in [-0.25, -0.2) is 8.78 Å². The van der Waals surface area contributed by atoms with Crippen LogP contribution in [0.2, 0.25) is 0 Å². The number of hydrogen-bond acceptors (Lipinski definition) is 1. The first-order valence-electron chi connectivity index (χ1n) is 7.06.